The van der Waals surface area contributed by atoms with Gasteiger partial charge in [0.05, 0.1) is 5.75 Å². The minimum absolute atomic E-state index is 0.187. The topological polar surface area (TPSA) is 128 Å². The number of carbonyl (C=O) groups excluding carboxylic acids is 3. The third kappa shape index (κ3) is 7.90. The van der Waals surface area contributed by atoms with Crippen molar-refractivity contribution >= 4 is 28.2 Å². The van der Waals surface area contributed by atoms with Gasteiger partial charge < -0.3 is 15.3 Å². The highest BCUT2D eigenvalue weighted by Gasteiger charge is 2.20. The molecule has 2 amide bonds. The lowest BCUT2D eigenvalue weighted by atomic mass is 10.1. The number of ether oxygens (including phenoxy) is 1. The Hall–Kier alpha value is -2.26. The van der Waals surface area contributed by atoms with Gasteiger partial charge in [-0.05, 0) is 18.9 Å². The fourth-order valence-electron chi connectivity index (χ4n) is 2.07. The van der Waals surface area contributed by atoms with E-state index in [9.17, 15) is 18.6 Å². The Bertz CT molecular complexity index is 714. The SMILES string of the molecule is CC(=O)NS(=O)(C[C@@H](N)CCC=O)=NC(=O)O[C@@H](C)c1ccccc1. The number of carbonyl (C=O) groups is 3. The molecule has 0 aromatic heterocycles. The fourth-order valence-corrected chi connectivity index (χ4v) is 3.75. The van der Waals surface area contributed by atoms with Crippen LogP contribution >= 0.6 is 0 Å². The summed E-state index contributed by atoms with van der Waals surface area (Å²) < 4.78 is 23.6. The standard InChI is InChI=1S/C16H23N3O5S/c1-12(14-7-4-3-5-8-14)24-16(22)19-25(23,18-13(2)21)11-15(17)9-6-10-20/h3-5,7-8,10,12,15H,6,9,11,17H2,1-2H3,(H,18,19,21,22,23)/t12-,15-,25?/m0/s1. The summed E-state index contributed by atoms with van der Waals surface area (Å²) in [7, 11) is -3.43. The molecule has 0 aliphatic carbocycles. The first-order valence-electron chi connectivity index (χ1n) is 7.73. The maximum absolute atomic E-state index is 12.7. The van der Waals surface area contributed by atoms with E-state index in [4.69, 9.17) is 10.5 Å². The molecule has 0 radical (unpaired) electrons. The van der Waals surface area contributed by atoms with Crippen molar-refractivity contribution in [3.8, 4) is 0 Å². The summed E-state index contributed by atoms with van der Waals surface area (Å²) in [4.78, 5) is 33.7. The van der Waals surface area contributed by atoms with Gasteiger partial charge in [0.15, 0.2) is 0 Å². The van der Waals surface area contributed by atoms with E-state index in [0.29, 0.717) is 6.29 Å². The molecule has 1 aromatic carbocycles. The first-order chi connectivity index (χ1) is 11.8. The highest BCUT2D eigenvalue weighted by Crippen LogP contribution is 2.17. The van der Waals surface area contributed by atoms with Gasteiger partial charge >= 0.3 is 6.09 Å². The first-order valence-corrected chi connectivity index (χ1v) is 9.42. The zero-order valence-corrected chi connectivity index (χ0v) is 15.0. The summed E-state index contributed by atoms with van der Waals surface area (Å²) in [6.07, 6.45) is -0.510. The molecule has 0 spiro atoms. The first kappa shape index (κ1) is 20.8. The summed E-state index contributed by atoms with van der Waals surface area (Å²) in [5, 5.41) is 0. The van der Waals surface area contributed by atoms with Crippen LogP contribution in [-0.4, -0.2) is 34.3 Å². The second kappa shape index (κ2) is 9.90. The highest BCUT2D eigenvalue weighted by molar-refractivity contribution is 7.92. The van der Waals surface area contributed by atoms with Crippen LogP contribution in [0.25, 0.3) is 0 Å². The summed E-state index contributed by atoms with van der Waals surface area (Å²) in [5.74, 6) is -0.866. The van der Waals surface area contributed by atoms with Gasteiger partial charge in [0, 0.05) is 19.4 Å². The molecule has 0 bridgehead atoms. The maximum Gasteiger partial charge on any atom is 0.443 e. The molecule has 0 fully saturated rings. The third-order valence-corrected chi connectivity index (χ3v) is 5.10. The minimum atomic E-state index is -3.43. The van der Waals surface area contributed by atoms with Gasteiger partial charge in [-0.2, -0.15) is 0 Å². The van der Waals surface area contributed by atoms with Crippen molar-refractivity contribution < 1.29 is 23.3 Å². The highest BCUT2D eigenvalue weighted by atomic mass is 32.2. The van der Waals surface area contributed by atoms with E-state index in [0.717, 1.165) is 12.5 Å². The number of nitrogens with one attached hydrogen (secondary N) is 1. The van der Waals surface area contributed by atoms with Gasteiger partial charge in [-0.15, -0.1) is 4.36 Å². The molecule has 9 heteroatoms. The Morgan fingerprint density at radius 1 is 1.36 bits per heavy atom. The average molecular weight is 369 g/mol. The number of amides is 2. The van der Waals surface area contributed by atoms with Crippen LogP contribution in [0.1, 0.15) is 38.4 Å². The Kier molecular flexibility index (Phi) is 8.23. The predicted octanol–water partition coefficient (Wildman–Crippen LogP) is 1.71. The van der Waals surface area contributed by atoms with Crippen molar-refractivity contribution in [1.82, 2.24) is 4.72 Å². The van der Waals surface area contributed by atoms with E-state index in [1.54, 1.807) is 31.2 Å². The number of rotatable bonds is 8. The summed E-state index contributed by atoms with van der Waals surface area (Å²) in [6, 6.07) is 8.31. The molecular weight excluding hydrogens is 346 g/mol. The van der Waals surface area contributed by atoms with Crippen molar-refractivity contribution in [3.63, 3.8) is 0 Å². The molecule has 0 saturated heterocycles. The van der Waals surface area contributed by atoms with Crippen LogP contribution in [0, 0.1) is 0 Å². The van der Waals surface area contributed by atoms with Gasteiger partial charge in [-0.25, -0.2) is 9.00 Å². The summed E-state index contributed by atoms with van der Waals surface area (Å²) >= 11 is 0. The van der Waals surface area contributed by atoms with Crippen LogP contribution in [-0.2, 0) is 24.2 Å². The van der Waals surface area contributed by atoms with E-state index in [-0.39, 0.29) is 18.6 Å². The van der Waals surface area contributed by atoms with E-state index in [1.807, 2.05) is 6.07 Å². The van der Waals surface area contributed by atoms with Crippen LogP contribution in [0.4, 0.5) is 4.79 Å². The second-order valence-electron chi connectivity index (χ2n) is 5.50. The Morgan fingerprint density at radius 2 is 2.00 bits per heavy atom. The van der Waals surface area contributed by atoms with Crippen LogP contribution in [0.5, 0.6) is 0 Å². The van der Waals surface area contributed by atoms with Gasteiger partial charge in [0.25, 0.3) is 0 Å². The van der Waals surface area contributed by atoms with Gasteiger partial charge in [-0.3, -0.25) is 9.52 Å². The molecule has 3 atom stereocenters. The van der Waals surface area contributed by atoms with E-state index >= 15 is 0 Å². The van der Waals surface area contributed by atoms with Crippen molar-refractivity contribution in [1.29, 1.82) is 0 Å². The number of hydrogen-bond acceptors (Lipinski definition) is 6. The van der Waals surface area contributed by atoms with Crippen molar-refractivity contribution in [2.75, 3.05) is 5.75 Å². The van der Waals surface area contributed by atoms with E-state index in [1.165, 1.54) is 0 Å². The summed E-state index contributed by atoms with van der Waals surface area (Å²) in [6.45, 7) is 2.81. The molecule has 0 aliphatic rings. The number of benzene rings is 1. The van der Waals surface area contributed by atoms with Crippen LogP contribution in [0.15, 0.2) is 34.7 Å². The zero-order chi connectivity index (χ0) is 18.9. The van der Waals surface area contributed by atoms with E-state index in [2.05, 4.69) is 9.08 Å². The number of hydrogen-bond donors (Lipinski definition) is 2. The second-order valence-corrected chi connectivity index (χ2v) is 7.50. The molecular formula is C16H23N3O5S. The molecule has 0 heterocycles. The third-order valence-electron chi connectivity index (χ3n) is 3.17. The number of nitrogens with zero attached hydrogens (tertiary/aromatic N) is 1. The fraction of sp³-hybridized carbons (Fsp3) is 0.438. The summed E-state index contributed by atoms with van der Waals surface area (Å²) in [5.41, 5.74) is 6.54. The molecule has 0 aliphatic heterocycles. The van der Waals surface area contributed by atoms with E-state index < -0.39 is 34.1 Å². The maximum atomic E-state index is 12.7. The van der Waals surface area contributed by atoms with Crippen LogP contribution in [0.3, 0.4) is 0 Å². The molecule has 1 aromatic rings. The van der Waals surface area contributed by atoms with Gasteiger partial charge in [0.2, 0.25) is 5.91 Å². The minimum Gasteiger partial charge on any atom is -0.440 e. The lowest BCUT2D eigenvalue weighted by Gasteiger charge is -2.16. The number of aldehydes is 1. The Labute approximate surface area is 147 Å². The van der Waals surface area contributed by atoms with Crippen molar-refractivity contribution in [3.05, 3.63) is 35.9 Å². The molecule has 3 N–H and O–H groups in total. The molecule has 0 saturated carbocycles. The normalized spacial score (nSPS) is 15.3. The predicted molar refractivity (Wildman–Crippen MR) is 93.9 cm³/mol. The Balaban J connectivity index is 2.89. The Morgan fingerprint density at radius 3 is 2.56 bits per heavy atom. The van der Waals surface area contributed by atoms with Crippen LogP contribution in [0.2, 0.25) is 0 Å². The molecule has 1 unspecified atom stereocenters. The van der Waals surface area contributed by atoms with Gasteiger partial charge in [0.1, 0.15) is 22.3 Å². The molecule has 8 nitrogen and oxygen atoms in total. The number of nitrogens with two attached hydrogens (primary N) is 1. The van der Waals surface area contributed by atoms with Gasteiger partial charge in [-0.1, -0.05) is 30.3 Å². The lowest BCUT2D eigenvalue weighted by molar-refractivity contribution is -0.117. The molecule has 25 heavy (non-hydrogen) atoms. The molecule has 138 valence electrons. The quantitative estimate of drug-likeness (QED) is 0.671. The van der Waals surface area contributed by atoms with Crippen LogP contribution < -0.4 is 10.5 Å². The lowest BCUT2D eigenvalue weighted by Crippen LogP contribution is -2.39. The average Bonchev–Trinajstić information content (AvgIpc) is 2.52. The zero-order valence-electron chi connectivity index (χ0n) is 14.2. The van der Waals surface area contributed by atoms with Crippen molar-refractivity contribution in [2.24, 2.45) is 10.1 Å². The largest absolute Gasteiger partial charge is 0.443 e. The van der Waals surface area contributed by atoms with Crippen molar-refractivity contribution in [2.45, 2.75) is 38.8 Å². The monoisotopic (exact) mass is 369 g/mol. The molecule has 1 rings (SSSR count). The smallest absolute Gasteiger partial charge is 0.440 e.